The molecule has 1 atom stereocenters. The number of nitrogens with zero attached hydrogens (tertiary/aromatic N) is 1. The van der Waals surface area contributed by atoms with Crippen LogP contribution in [-0.4, -0.2) is 29.1 Å². The fourth-order valence-corrected chi connectivity index (χ4v) is 2.07. The number of rotatable bonds is 6. The summed E-state index contributed by atoms with van der Waals surface area (Å²) < 4.78 is 19.6. The molecule has 2 aromatic rings. The SMILES string of the molecule is C[C@@H](OC(=O)c1cccn1C)C(=O)NCCc1ccc(F)cc1. The number of hydrogen-bond donors (Lipinski definition) is 1. The molecule has 0 unspecified atom stereocenters. The summed E-state index contributed by atoms with van der Waals surface area (Å²) in [7, 11) is 1.73. The van der Waals surface area contributed by atoms with Crippen molar-refractivity contribution >= 4 is 11.9 Å². The maximum atomic E-state index is 12.8. The molecule has 1 aromatic carbocycles. The van der Waals surface area contributed by atoms with Gasteiger partial charge in [0, 0.05) is 19.8 Å². The van der Waals surface area contributed by atoms with E-state index in [1.807, 2.05) is 0 Å². The van der Waals surface area contributed by atoms with Crippen LogP contribution in [0.5, 0.6) is 0 Å². The minimum absolute atomic E-state index is 0.293. The number of hydrogen-bond acceptors (Lipinski definition) is 3. The van der Waals surface area contributed by atoms with Gasteiger partial charge in [0.2, 0.25) is 0 Å². The third kappa shape index (κ3) is 4.67. The van der Waals surface area contributed by atoms with Crippen molar-refractivity contribution in [3.8, 4) is 0 Å². The van der Waals surface area contributed by atoms with Crippen LogP contribution in [0.25, 0.3) is 0 Å². The summed E-state index contributed by atoms with van der Waals surface area (Å²) in [6.07, 6.45) is 1.42. The molecule has 0 saturated carbocycles. The molecule has 2 rings (SSSR count). The van der Waals surface area contributed by atoms with E-state index in [0.717, 1.165) is 5.56 Å². The Hall–Kier alpha value is -2.63. The summed E-state index contributed by atoms with van der Waals surface area (Å²) in [6, 6.07) is 9.44. The molecule has 0 spiro atoms. The molecular formula is C17H19FN2O3. The molecule has 5 nitrogen and oxygen atoms in total. The van der Waals surface area contributed by atoms with Crippen molar-refractivity contribution in [3.05, 3.63) is 59.7 Å². The molecule has 1 N–H and O–H groups in total. The zero-order valence-corrected chi connectivity index (χ0v) is 13.1. The van der Waals surface area contributed by atoms with Gasteiger partial charge in [-0.2, -0.15) is 0 Å². The Kier molecular flexibility index (Phi) is 5.51. The standard InChI is InChI=1S/C17H19FN2O3/c1-12(23-17(22)15-4-3-11-20(15)2)16(21)19-10-9-13-5-7-14(18)8-6-13/h3-8,11-12H,9-10H2,1-2H3,(H,19,21)/t12-/m1/s1. The molecule has 0 radical (unpaired) electrons. The van der Waals surface area contributed by atoms with Crippen molar-refractivity contribution in [2.45, 2.75) is 19.4 Å². The average molecular weight is 318 g/mol. The van der Waals surface area contributed by atoms with Crippen molar-refractivity contribution in [1.82, 2.24) is 9.88 Å². The lowest BCUT2D eigenvalue weighted by molar-refractivity contribution is -0.129. The quantitative estimate of drug-likeness (QED) is 0.830. The Morgan fingerprint density at radius 2 is 1.96 bits per heavy atom. The maximum Gasteiger partial charge on any atom is 0.355 e. The van der Waals surface area contributed by atoms with Crippen LogP contribution < -0.4 is 5.32 Å². The summed E-state index contributed by atoms with van der Waals surface area (Å²) >= 11 is 0. The molecule has 1 heterocycles. The first-order valence-electron chi connectivity index (χ1n) is 7.32. The average Bonchev–Trinajstić information content (AvgIpc) is 2.95. The lowest BCUT2D eigenvalue weighted by Crippen LogP contribution is -2.37. The molecule has 0 aliphatic carbocycles. The number of aryl methyl sites for hydroxylation is 1. The molecule has 122 valence electrons. The number of aromatic nitrogens is 1. The highest BCUT2D eigenvalue weighted by Crippen LogP contribution is 2.05. The van der Waals surface area contributed by atoms with Crippen molar-refractivity contribution in [2.24, 2.45) is 7.05 Å². The summed E-state index contributed by atoms with van der Waals surface area (Å²) in [5.74, 6) is -1.20. The monoisotopic (exact) mass is 318 g/mol. The lowest BCUT2D eigenvalue weighted by Gasteiger charge is -2.13. The van der Waals surface area contributed by atoms with Crippen molar-refractivity contribution < 1.29 is 18.7 Å². The van der Waals surface area contributed by atoms with Gasteiger partial charge < -0.3 is 14.6 Å². The fraction of sp³-hybridized carbons (Fsp3) is 0.294. The molecule has 23 heavy (non-hydrogen) atoms. The molecule has 0 fully saturated rings. The van der Waals surface area contributed by atoms with Gasteiger partial charge in [-0.15, -0.1) is 0 Å². The van der Waals surface area contributed by atoms with Gasteiger partial charge >= 0.3 is 5.97 Å². The minimum Gasteiger partial charge on any atom is -0.448 e. The van der Waals surface area contributed by atoms with Crippen LogP contribution in [0.2, 0.25) is 0 Å². The zero-order chi connectivity index (χ0) is 16.8. The van der Waals surface area contributed by atoms with Crippen LogP contribution in [-0.2, 0) is 23.0 Å². The highest BCUT2D eigenvalue weighted by molar-refractivity contribution is 5.90. The number of benzene rings is 1. The van der Waals surface area contributed by atoms with Crippen LogP contribution in [0.4, 0.5) is 4.39 Å². The Balaban J connectivity index is 1.77. The number of carbonyl (C=O) groups is 2. The second kappa shape index (κ2) is 7.58. The topological polar surface area (TPSA) is 60.3 Å². The first-order valence-corrected chi connectivity index (χ1v) is 7.32. The summed E-state index contributed by atoms with van der Waals surface area (Å²) in [6.45, 7) is 1.91. The van der Waals surface area contributed by atoms with E-state index in [9.17, 15) is 14.0 Å². The van der Waals surface area contributed by atoms with Crippen molar-refractivity contribution in [2.75, 3.05) is 6.54 Å². The van der Waals surface area contributed by atoms with E-state index in [0.29, 0.717) is 18.7 Å². The van der Waals surface area contributed by atoms with E-state index in [1.165, 1.54) is 19.1 Å². The zero-order valence-electron chi connectivity index (χ0n) is 13.1. The predicted octanol–water partition coefficient (Wildman–Crippen LogP) is 2.07. The third-order valence-corrected chi connectivity index (χ3v) is 3.43. The van der Waals surface area contributed by atoms with Gasteiger partial charge in [0.25, 0.3) is 5.91 Å². The van der Waals surface area contributed by atoms with Gasteiger partial charge in [0.15, 0.2) is 6.10 Å². The van der Waals surface area contributed by atoms with Crippen LogP contribution in [0.3, 0.4) is 0 Å². The van der Waals surface area contributed by atoms with Crippen LogP contribution in [0, 0.1) is 5.82 Å². The second-order valence-electron chi connectivity index (χ2n) is 5.22. The van der Waals surface area contributed by atoms with E-state index < -0.39 is 12.1 Å². The van der Waals surface area contributed by atoms with Gasteiger partial charge in [-0.3, -0.25) is 4.79 Å². The van der Waals surface area contributed by atoms with Gasteiger partial charge in [0.1, 0.15) is 11.5 Å². The van der Waals surface area contributed by atoms with Gasteiger partial charge in [-0.05, 0) is 43.2 Å². The number of esters is 1. The first-order chi connectivity index (χ1) is 11.0. The smallest absolute Gasteiger partial charge is 0.355 e. The molecule has 6 heteroatoms. The molecule has 1 amide bonds. The normalized spacial score (nSPS) is 11.8. The Morgan fingerprint density at radius 1 is 1.26 bits per heavy atom. The first kappa shape index (κ1) is 16.7. The van der Waals surface area contributed by atoms with Gasteiger partial charge in [-0.1, -0.05) is 12.1 Å². The van der Waals surface area contributed by atoms with Crippen molar-refractivity contribution in [1.29, 1.82) is 0 Å². The van der Waals surface area contributed by atoms with E-state index in [2.05, 4.69) is 5.32 Å². The fourth-order valence-electron chi connectivity index (χ4n) is 2.07. The molecular weight excluding hydrogens is 299 g/mol. The Morgan fingerprint density at radius 3 is 2.57 bits per heavy atom. The van der Waals surface area contributed by atoms with E-state index in [-0.39, 0.29) is 11.7 Å². The molecule has 0 bridgehead atoms. The van der Waals surface area contributed by atoms with E-state index in [4.69, 9.17) is 4.74 Å². The number of nitrogens with one attached hydrogen (secondary N) is 1. The van der Waals surface area contributed by atoms with Crippen molar-refractivity contribution in [3.63, 3.8) is 0 Å². The van der Waals surface area contributed by atoms with Gasteiger partial charge in [-0.25, -0.2) is 9.18 Å². The van der Waals surface area contributed by atoms with E-state index >= 15 is 0 Å². The minimum atomic E-state index is -0.884. The van der Waals surface area contributed by atoms with Crippen LogP contribution >= 0.6 is 0 Å². The molecule has 0 saturated heterocycles. The number of amides is 1. The molecule has 1 aromatic heterocycles. The van der Waals surface area contributed by atoms with Crippen LogP contribution in [0.15, 0.2) is 42.6 Å². The molecule has 0 aliphatic heterocycles. The van der Waals surface area contributed by atoms with E-state index in [1.54, 1.807) is 42.1 Å². The van der Waals surface area contributed by atoms with Crippen LogP contribution in [0.1, 0.15) is 23.0 Å². The largest absolute Gasteiger partial charge is 0.448 e. The Bertz CT molecular complexity index is 679. The van der Waals surface area contributed by atoms with Gasteiger partial charge in [0.05, 0.1) is 0 Å². The maximum absolute atomic E-state index is 12.8. The summed E-state index contributed by atoms with van der Waals surface area (Å²) in [5.41, 5.74) is 1.30. The lowest BCUT2D eigenvalue weighted by atomic mass is 10.1. The molecule has 0 aliphatic rings. The second-order valence-corrected chi connectivity index (χ2v) is 5.22. The highest BCUT2D eigenvalue weighted by Gasteiger charge is 2.19. The Labute approximate surface area is 134 Å². The summed E-state index contributed by atoms with van der Waals surface area (Å²) in [5, 5.41) is 2.69. The number of halogens is 1. The number of ether oxygens (including phenoxy) is 1. The third-order valence-electron chi connectivity index (χ3n) is 3.43. The highest BCUT2D eigenvalue weighted by atomic mass is 19.1. The number of carbonyl (C=O) groups excluding carboxylic acids is 2. The predicted molar refractivity (Wildman–Crippen MR) is 83.4 cm³/mol. The summed E-state index contributed by atoms with van der Waals surface area (Å²) in [4.78, 5) is 23.8.